The topological polar surface area (TPSA) is 75.3 Å². The fraction of sp³-hybridized carbons (Fsp3) is 0.842. The van der Waals surface area contributed by atoms with Gasteiger partial charge in [-0.3, -0.25) is 4.99 Å². The minimum atomic E-state index is 0. The summed E-state index contributed by atoms with van der Waals surface area (Å²) in [7, 11) is 0. The molecule has 6 nitrogen and oxygen atoms in total. The number of halogens is 1. The Balaban J connectivity index is 0.00000625. The van der Waals surface area contributed by atoms with Gasteiger partial charge < -0.3 is 15.2 Å². The van der Waals surface area contributed by atoms with Crippen molar-refractivity contribution in [2.45, 2.75) is 86.1 Å². The molecule has 26 heavy (non-hydrogen) atoms. The molecule has 1 unspecified atom stereocenters. The molecule has 1 rings (SSSR count). The highest BCUT2D eigenvalue weighted by Crippen LogP contribution is 2.21. The fourth-order valence-corrected chi connectivity index (χ4v) is 2.30. The van der Waals surface area contributed by atoms with Gasteiger partial charge in [-0.2, -0.15) is 4.98 Å². The molecule has 0 saturated carbocycles. The first-order valence-corrected chi connectivity index (χ1v) is 9.58. The van der Waals surface area contributed by atoms with E-state index in [-0.39, 0.29) is 24.0 Å². The molecule has 1 aromatic rings. The zero-order chi connectivity index (χ0) is 18.9. The van der Waals surface area contributed by atoms with Crippen molar-refractivity contribution in [1.29, 1.82) is 0 Å². The summed E-state index contributed by atoms with van der Waals surface area (Å²) in [5.41, 5.74) is 0.365. The molecule has 0 saturated heterocycles. The van der Waals surface area contributed by atoms with E-state index < -0.39 is 0 Å². The first kappa shape index (κ1) is 25.1. The van der Waals surface area contributed by atoms with Gasteiger partial charge in [0.25, 0.3) is 0 Å². The SMILES string of the molecule is CCNC(=NCCCc1nc(C(C)C)no1)NC(C)CCC(C)(C)C.I. The summed E-state index contributed by atoms with van der Waals surface area (Å²) < 4.78 is 5.27. The Labute approximate surface area is 176 Å². The van der Waals surface area contributed by atoms with Crippen molar-refractivity contribution >= 4 is 29.9 Å². The van der Waals surface area contributed by atoms with Gasteiger partial charge in [0.15, 0.2) is 11.8 Å². The maximum Gasteiger partial charge on any atom is 0.226 e. The Bertz CT molecular complexity index is 522. The second kappa shape index (κ2) is 12.5. The van der Waals surface area contributed by atoms with Crippen LogP contribution < -0.4 is 10.6 Å². The molecular weight excluding hydrogens is 441 g/mol. The van der Waals surface area contributed by atoms with Crippen LogP contribution in [-0.4, -0.2) is 35.2 Å². The normalized spacial score (nSPS) is 13.5. The first-order valence-electron chi connectivity index (χ1n) is 9.58. The summed E-state index contributed by atoms with van der Waals surface area (Å²) in [6.07, 6.45) is 3.98. The van der Waals surface area contributed by atoms with Crippen LogP contribution >= 0.6 is 24.0 Å². The predicted molar refractivity (Wildman–Crippen MR) is 119 cm³/mol. The highest BCUT2D eigenvalue weighted by atomic mass is 127. The zero-order valence-corrected chi connectivity index (χ0v) is 19.9. The quantitative estimate of drug-likeness (QED) is 0.236. The largest absolute Gasteiger partial charge is 0.357 e. The predicted octanol–water partition coefficient (Wildman–Crippen LogP) is 4.51. The van der Waals surface area contributed by atoms with Crippen LogP contribution in [0.4, 0.5) is 0 Å². The number of aromatic nitrogens is 2. The van der Waals surface area contributed by atoms with E-state index >= 15 is 0 Å². The molecule has 1 heterocycles. The molecule has 1 aromatic heterocycles. The first-order chi connectivity index (χ1) is 11.7. The maximum atomic E-state index is 5.27. The van der Waals surface area contributed by atoms with Crippen LogP contribution in [0.5, 0.6) is 0 Å². The lowest BCUT2D eigenvalue weighted by atomic mass is 9.89. The van der Waals surface area contributed by atoms with Crippen molar-refractivity contribution in [3.05, 3.63) is 11.7 Å². The van der Waals surface area contributed by atoms with E-state index in [0.29, 0.717) is 23.3 Å². The van der Waals surface area contributed by atoms with Gasteiger partial charge in [-0.1, -0.05) is 39.8 Å². The number of nitrogens with one attached hydrogen (secondary N) is 2. The van der Waals surface area contributed by atoms with E-state index in [1.165, 1.54) is 6.42 Å². The monoisotopic (exact) mass is 479 g/mol. The average molecular weight is 479 g/mol. The highest BCUT2D eigenvalue weighted by molar-refractivity contribution is 14.0. The Morgan fingerprint density at radius 1 is 1.23 bits per heavy atom. The van der Waals surface area contributed by atoms with Crippen LogP contribution in [0.2, 0.25) is 0 Å². The van der Waals surface area contributed by atoms with Gasteiger partial charge in [0, 0.05) is 31.5 Å². The Hall–Kier alpha value is -0.860. The number of guanidine groups is 1. The van der Waals surface area contributed by atoms with Crippen LogP contribution in [0.3, 0.4) is 0 Å². The van der Waals surface area contributed by atoms with E-state index in [1.54, 1.807) is 0 Å². The van der Waals surface area contributed by atoms with Gasteiger partial charge >= 0.3 is 0 Å². The summed E-state index contributed by atoms with van der Waals surface area (Å²) in [6, 6.07) is 0.404. The molecule has 0 radical (unpaired) electrons. The lowest BCUT2D eigenvalue weighted by Crippen LogP contribution is -2.42. The van der Waals surface area contributed by atoms with Crippen LogP contribution in [0.1, 0.15) is 85.4 Å². The molecule has 0 spiro atoms. The summed E-state index contributed by atoms with van der Waals surface area (Å²) >= 11 is 0. The summed E-state index contributed by atoms with van der Waals surface area (Å²) in [6.45, 7) is 16.9. The van der Waals surface area contributed by atoms with Gasteiger partial charge in [0.1, 0.15) is 0 Å². The molecule has 0 amide bonds. The van der Waals surface area contributed by atoms with Crippen LogP contribution in [-0.2, 0) is 6.42 Å². The zero-order valence-electron chi connectivity index (χ0n) is 17.6. The number of aryl methyl sites for hydroxylation is 1. The smallest absolute Gasteiger partial charge is 0.226 e. The van der Waals surface area contributed by atoms with Gasteiger partial charge in [0.05, 0.1) is 0 Å². The van der Waals surface area contributed by atoms with Gasteiger partial charge in [-0.15, -0.1) is 24.0 Å². The molecule has 0 aliphatic heterocycles. The average Bonchev–Trinajstić information content (AvgIpc) is 2.98. The summed E-state index contributed by atoms with van der Waals surface area (Å²) in [5, 5.41) is 10.8. The molecule has 0 fully saturated rings. The molecule has 1 atom stereocenters. The Morgan fingerprint density at radius 3 is 2.46 bits per heavy atom. The number of hydrogen-bond acceptors (Lipinski definition) is 4. The third kappa shape index (κ3) is 11.0. The van der Waals surface area contributed by atoms with Gasteiger partial charge in [-0.25, -0.2) is 0 Å². The van der Waals surface area contributed by atoms with Crippen molar-refractivity contribution in [3.8, 4) is 0 Å². The number of aliphatic imine (C=N–C) groups is 1. The van der Waals surface area contributed by atoms with E-state index in [1.807, 2.05) is 0 Å². The van der Waals surface area contributed by atoms with Gasteiger partial charge in [0.2, 0.25) is 5.89 Å². The Morgan fingerprint density at radius 2 is 1.92 bits per heavy atom. The second-order valence-electron chi connectivity index (χ2n) is 8.21. The molecule has 0 aliphatic carbocycles. The van der Waals surface area contributed by atoms with Crippen molar-refractivity contribution in [1.82, 2.24) is 20.8 Å². The minimum absolute atomic E-state index is 0. The van der Waals surface area contributed by atoms with E-state index in [4.69, 9.17) is 4.52 Å². The van der Waals surface area contributed by atoms with Gasteiger partial charge in [-0.05, 0) is 38.5 Å². The molecule has 0 aromatic carbocycles. The number of nitrogens with zero attached hydrogens (tertiary/aromatic N) is 3. The second-order valence-corrected chi connectivity index (χ2v) is 8.21. The Kier molecular flexibility index (Phi) is 12.1. The fourth-order valence-electron chi connectivity index (χ4n) is 2.30. The molecule has 7 heteroatoms. The molecular formula is C19H38IN5O. The lowest BCUT2D eigenvalue weighted by Gasteiger charge is -2.23. The van der Waals surface area contributed by atoms with Crippen molar-refractivity contribution in [3.63, 3.8) is 0 Å². The molecule has 2 N–H and O–H groups in total. The maximum absolute atomic E-state index is 5.27. The van der Waals surface area contributed by atoms with Crippen LogP contribution in [0.15, 0.2) is 9.52 Å². The van der Waals surface area contributed by atoms with Crippen molar-refractivity contribution in [2.75, 3.05) is 13.1 Å². The summed E-state index contributed by atoms with van der Waals surface area (Å²) in [5.74, 6) is 2.67. The lowest BCUT2D eigenvalue weighted by molar-refractivity contribution is 0.346. The van der Waals surface area contributed by atoms with Crippen LogP contribution in [0, 0.1) is 5.41 Å². The molecule has 0 aliphatic rings. The minimum Gasteiger partial charge on any atom is -0.357 e. The summed E-state index contributed by atoms with van der Waals surface area (Å²) in [4.78, 5) is 9.06. The third-order valence-electron chi connectivity index (χ3n) is 3.87. The van der Waals surface area contributed by atoms with E-state index in [0.717, 1.165) is 44.1 Å². The third-order valence-corrected chi connectivity index (χ3v) is 3.87. The van der Waals surface area contributed by atoms with E-state index in [9.17, 15) is 0 Å². The van der Waals surface area contributed by atoms with Crippen LogP contribution in [0.25, 0.3) is 0 Å². The molecule has 0 bridgehead atoms. The number of rotatable bonds is 9. The van der Waals surface area contributed by atoms with E-state index in [2.05, 4.69) is 74.2 Å². The van der Waals surface area contributed by atoms with Crippen molar-refractivity contribution in [2.24, 2.45) is 10.4 Å². The standard InChI is InChI=1S/C19H37N5O.HI/c1-8-20-18(22-15(4)11-12-19(5,6)7)21-13-9-10-16-23-17(14(2)3)24-25-16;/h14-15H,8-13H2,1-7H3,(H2,20,21,22);1H. The van der Waals surface area contributed by atoms with Crippen molar-refractivity contribution < 1.29 is 4.52 Å². The number of hydrogen-bond donors (Lipinski definition) is 2. The highest BCUT2D eigenvalue weighted by Gasteiger charge is 2.13. The molecule has 152 valence electrons.